The van der Waals surface area contributed by atoms with E-state index in [1.807, 2.05) is 0 Å². The van der Waals surface area contributed by atoms with Crippen molar-refractivity contribution >= 4 is 8.25 Å². The zero-order chi connectivity index (χ0) is 7.11. The molecule has 0 amide bonds. The Balaban J connectivity index is 0. The summed E-state index contributed by atoms with van der Waals surface area (Å²) in [6.45, 7) is 4.19. The van der Waals surface area contributed by atoms with Gasteiger partial charge in [0.2, 0.25) is 0 Å². The molecule has 0 aliphatic rings. The molecule has 0 spiro atoms. The van der Waals surface area contributed by atoms with Crippen molar-refractivity contribution in [2.45, 2.75) is 13.8 Å². The average molecular weight is 204 g/mol. The van der Waals surface area contributed by atoms with E-state index in [1.54, 1.807) is 13.8 Å². The summed E-state index contributed by atoms with van der Waals surface area (Å²) < 4.78 is 19.1. The summed E-state index contributed by atoms with van der Waals surface area (Å²) in [6, 6.07) is 0. The third-order valence-electron chi connectivity index (χ3n) is 0.466. The molecule has 57 valence electrons. The van der Waals surface area contributed by atoms with E-state index in [0.717, 1.165) is 0 Å². The molecule has 1 atom stereocenters. The van der Waals surface area contributed by atoms with Gasteiger partial charge in [-0.1, -0.05) is 0 Å². The second kappa shape index (κ2) is 9.56. The molecule has 0 aromatic carbocycles. The normalized spacial score (nSPS) is 10.4. The van der Waals surface area contributed by atoms with Gasteiger partial charge in [0.1, 0.15) is 6.61 Å². The minimum atomic E-state index is -2.06. The molecule has 0 bridgehead atoms. The predicted molar refractivity (Wildman–Crippen MR) is 31.9 cm³/mol. The van der Waals surface area contributed by atoms with Crippen molar-refractivity contribution < 1.29 is 37.2 Å². The van der Waals surface area contributed by atoms with E-state index < -0.39 is 8.25 Å². The van der Waals surface area contributed by atoms with Crippen LogP contribution in [0.4, 0.5) is 0 Å². The SMILES string of the molecule is CCOO[P+](=O)OCC.[V+2]. The Morgan fingerprint density at radius 3 is 2.30 bits per heavy atom. The zero-order valence-corrected chi connectivity index (χ0v) is 8.23. The molecule has 10 heavy (non-hydrogen) atoms. The molecule has 6 heteroatoms. The first-order valence-corrected chi connectivity index (χ1v) is 3.80. The van der Waals surface area contributed by atoms with Gasteiger partial charge in [-0.05, 0) is 13.8 Å². The maximum Gasteiger partial charge on any atom is 2.00 e. The van der Waals surface area contributed by atoms with Gasteiger partial charge < -0.3 is 0 Å². The minimum absolute atomic E-state index is 0. The Morgan fingerprint density at radius 2 is 1.90 bits per heavy atom. The molecule has 0 saturated heterocycles. The molecule has 0 N–H and O–H groups in total. The van der Waals surface area contributed by atoms with E-state index >= 15 is 0 Å². The molecule has 0 rings (SSSR count). The molecular weight excluding hydrogens is 194 g/mol. The fourth-order valence-electron chi connectivity index (χ4n) is 0.223. The Hall–Kier alpha value is 0.564. The summed E-state index contributed by atoms with van der Waals surface area (Å²) in [5.74, 6) is 0. The van der Waals surface area contributed by atoms with Crippen LogP contribution in [0.3, 0.4) is 0 Å². The van der Waals surface area contributed by atoms with Crippen molar-refractivity contribution in [2.75, 3.05) is 13.2 Å². The summed E-state index contributed by atoms with van der Waals surface area (Å²) in [6.07, 6.45) is 0. The molecule has 0 aromatic rings. The Bertz CT molecular complexity index is 89.3. The van der Waals surface area contributed by atoms with Crippen LogP contribution in [0.5, 0.6) is 0 Å². The van der Waals surface area contributed by atoms with Gasteiger partial charge >= 0.3 is 26.8 Å². The van der Waals surface area contributed by atoms with Gasteiger partial charge in [0, 0.05) is 4.57 Å². The van der Waals surface area contributed by atoms with Crippen molar-refractivity contribution in [1.29, 1.82) is 0 Å². The van der Waals surface area contributed by atoms with E-state index in [-0.39, 0.29) is 18.6 Å². The van der Waals surface area contributed by atoms with Crippen molar-refractivity contribution in [3.8, 4) is 0 Å². The summed E-state index contributed by atoms with van der Waals surface area (Å²) in [5.41, 5.74) is 0. The topological polar surface area (TPSA) is 44.8 Å². The molecule has 0 aliphatic carbocycles. The second-order valence-corrected chi connectivity index (χ2v) is 1.98. The number of hydrogen-bond donors (Lipinski definition) is 0. The van der Waals surface area contributed by atoms with Gasteiger partial charge in [-0.2, -0.15) is 4.89 Å². The first-order chi connectivity index (χ1) is 4.31. The standard InChI is InChI=1S/C4H10O4P.V/c1-3-6-8-9(5)7-4-2;/h3-4H2,1-2H3;/q+1;+2. The van der Waals surface area contributed by atoms with Crippen LogP contribution in [0.25, 0.3) is 0 Å². The largest absolute Gasteiger partial charge is 2.00 e. The van der Waals surface area contributed by atoms with Crippen LogP contribution in [0, 0.1) is 0 Å². The van der Waals surface area contributed by atoms with Crippen LogP contribution in [0.2, 0.25) is 0 Å². The maximum atomic E-state index is 10.4. The summed E-state index contributed by atoms with van der Waals surface area (Å²) in [4.78, 5) is 4.34. The Labute approximate surface area is 73.0 Å². The smallest absolute Gasteiger partial charge is 0.188 e. The molecule has 0 aromatic heterocycles. The summed E-state index contributed by atoms with van der Waals surface area (Å²) in [5, 5.41) is 0. The molecule has 1 radical (unpaired) electrons. The van der Waals surface area contributed by atoms with E-state index in [2.05, 4.69) is 14.1 Å². The van der Waals surface area contributed by atoms with Crippen LogP contribution in [0.15, 0.2) is 0 Å². The van der Waals surface area contributed by atoms with Crippen LogP contribution in [-0.2, 0) is 37.2 Å². The first-order valence-electron chi connectivity index (χ1n) is 2.71. The molecule has 0 aliphatic heterocycles. The van der Waals surface area contributed by atoms with Crippen LogP contribution in [-0.4, -0.2) is 13.2 Å². The fourth-order valence-corrected chi connectivity index (χ4v) is 0.668. The second-order valence-electron chi connectivity index (χ2n) is 1.12. The number of rotatable bonds is 5. The van der Waals surface area contributed by atoms with E-state index in [4.69, 9.17) is 0 Å². The van der Waals surface area contributed by atoms with Crippen molar-refractivity contribution in [2.24, 2.45) is 0 Å². The maximum absolute atomic E-state index is 10.4. The Kier molecular flexibility index (Phi) is 12.6. The molecule has 0 heterocycles. The van der Waals surface area contributed by atoms with Crippen molar-refractivity contribution in [3.63, 3.8) is 0 Å². The van der Waals surface area contributed by atoms with Gasteiger partial charge in [-0.15, -0.1) is 4.52 Å². The molecule has 1 unspecified atom stereocenters. The Morgan fingerprint density at radius 1 is 1.30 bits per heavy atom. The van der Waals surface area contributed by atoms with Crippen molar-refractivity contribution in [1.82, 2.24) is 0 Å². The molecule has 4 nitrogen and oxygen atoms in total. The first kappa shape index (κ1) is 13.2. The van der Waals surface area contributed by atoms with Crippen LogP contribution < -0.4 is 0 Å². The zero-order valence-electron chi connectivity index (χ0n) is 5.94. The fraction of sp³-hybridized carbons (Fsp3) is 1.00. The van der Waals surface area contributed by atoms with Gasteiger partial charge in [0.15, 0.2) is 0 Å². The predicted octanol–water partition coefficient (Wildman–Crippen LogP) is 1.65. The summed E-state index contributed by atoms with van der Waals surface area (Å²) >= 11 is 0. The van der Waals surface area contributed by atoms with Gasteiger partial charge in [0.25, 0.3) is 0 Å². The van der Waals surface area contributed by atoms with Gasteiger partial charge in [-0.25, -0.2) is 0 Å². The van der Waals surface area contributed by atoms with E-state index in [1.165, 1.54) is 0 Å². The summed E-state index contributed by atoms with van der Waals surface area (Å²) in [7, 11) is -2.06. The van der Waals surface area contributed by atoms with Gasteiger partial charge in [-0.3, -0.25) is 0 Å². The monoisotopic (exact) mass is 204 g/mol. The van der Waals surface area contributed by atoms with Crippen LogP contribution >= 0.6 is 8.25 Å². The third kappa shape index (κ3) is 8.56. The molecule has 0 fully saturated rings. The quantitative estimate of drug-likeness (QED) is 0.388. The molecular formula is C4H10O4PV+3. The van der Waals surface area contributed by atoms with Crippen LogP contribution in [0.1, 0.15) is 13.8 Å². The van der Waals surface area contributed by atoms with E-state index in [9.17, 15) is 4.57 Å². The van der Waals surface area contributed by atoms with Crippen molar-refractivity contribution in [3.05, 3.63) is 0 Å². The minimum Gasteiger partial charge on any atom is -0.188 e. The van der Waals surface area contributed by atoms with Gasteiger partial charge in [0.05, 0.1) is 11.3 Å². The van der Waals surface area contributed by atoms with E-state index in [0.29, 0.717) is 13.2 Å². The molecule has 0 saturated carbocycles. The average Bonchev–Trinajstić information content (AvgIpc) is 1.85. The number of hydrogen-bond acceptors (Lipinski definition) is 4. The third-order valence-corrected chi connectivity index (χ3v) is 1.16.